The van der Waals surface area contributed by atoms with Crippen LogP contribution >= 0.6 is 23.2 Å². The van der Waals surface area contributed by atoms with Gasteiger partial charge in [0, 0.05) is 24.2 Å². The van der Waals surface area contributed by atoms with Crippen LogP contribution in [0.5, 0.6) is 0 Å². The summed E-state index contributed by atoms with van der Waals surface area (Å²) in [5.41, 5.74) is 5.90. The lowest BCUT2D eigenvalue weighted by atomic mass is 10.0. The second-order valence-corrected chi connectivity index (χ2v) is 6.19. The Morgan fingerprint density at radius 1 is 1.19 bits per heavy atom. The Labute approximate surface area is 132 Å². The molecule has 2 aromatic heterocycles. The molecule has 0 aliphatic heterocycles. The summed E-state index contributed by atoms with van der Waals surface area (Å²) in [7, 11) is 2.07. The molecule has 106 valence electrons. The molecule has 3 nitrogen and oxygen atoms in total. The van der Waals surface area contributed by atoms with Gasteiger partial charge in [-0.2, -0.15) is 0 Å². The number of rotatable bonds is 1. The highest BCUT2D eigenvalue weighted by atomic mass is 35.5. The van der Waals surface area contributed by atoms with Gasteiger partial charge in [0.15, 0.2) is 0 Å². The van der Waals surface area contributed by atoms with Crippen molar-refractivity contribution in [2.75, 3.05) is 0 Å². The van der Waals surface area contributed by atoms with E-state index < -0.39 is 0 Å². The fraction of sp³-hybridized carbons (Fsp3) is 0.250. The Bertz CT molecular complexity index is 868. The van der Waals surface area contributed by atoms with Crippen LogP contribution in [-0.4, -0.2) is 14.5 Å². The molecule has 0 saturated heterocycles. The predicted molar refractivity (Wildman–Crippen MR) is 86.0 cm³/mol. The number of hydrogen-bond acceptors (Lipinski definition) is 2. The minimum Gasteiger partial charge on any atom is -0.350 e. The van der Waals surface area contributed by atoms with E-state index in [1.54, 1.807) is 6.20 Å². The number of aromatic nitrogens is 3. The van der Waals surface area contributed by atoms with E-state index in [9.17, 15) is 0 Å². The summed E-state index contributed by atoms with van der Waals surface area (Å²) in [5, 5.41) is 1.91. The molecule has 1 aliphatic rings. The highest BCUT2D eigenvalue weighted by Gasteiger charge is 2.20. The van der Waals surface area contributed by atoms with Crippen molar-refractivity contribution in [2.45, 2.75) is 19.3 Å². The van der Waals surface area contributed by atoms with Crippen LogP contribution in [0, 0.1) is 0 Å². The molecule has 0 bridgehead atoms. The Hall–Kier alpha value is -1.58. The molecule has 5 heteroatoms. The van der Waals surface area contributed by atoms with Gasteiger partial charge in [0.25, 0.3) is 0 Å². The molecule has 0 N–H and O–H groups in total. The Morgan fingerprint density at radius 3 is 2.90 bits per heavy atom. The van der Waals surface area contributed by atoms with Crippen LogP contribution in [0.4, 0.5) is 0 Å². The van der Waals surface area contributed by atoms with Gasteiger partial charge in [0.05, 0.1) is 22.4 Å². The molecular formula is C16H13Cl2N3. The van der Waals surface area contributed by atoms with Crippen LogP contribution in [0.25, 0.3) is 22.2 Å². The molecule has 4 rings (SSSR count). The van der Waals surface area contributed by atoms with E-state index >= 15 is 0 Å². The van der Waals surface area contributed by atoms with Gasteiger partial charge in [0.1, 0.15) is 0 Å². The van der Waals surface area contributed by atoms with Crippen LogP contribution in [0.1, 0.15) is 17.5 Å². The summed E-state index contributed by atoms with van der Waals surface area (Å²) in [6.45, 7) is 0. The molecule has 0 saturated carbocycles. The summed E-state index contributed by atoms with van der Waals surface area (Å²) >= 11 is 12.2. The molecule has 21 heavy (non-hydrogen) atoms. The first kappa shape index (κ1) is 13.1. The number of hydrogen-bond donors (Lipinski definition) is 0. The van der Waals surface area contributed by atoms with Crippen molar-refractivity contribution >= 4 is 34.1 Å². The highest BCUT2D eigenvalue weighted by molar-refractivity contribution is 6.34. The van der Waals surface area contributed by atoms with Gasteiger partial charge in [-0.3, -0.25) is 0 Å². The first-order chi connectivity index (χ1) is 10.1. The molecule has 0 unspecified atom stereocenters. The molecule has 0 spiro atoms. The van der Waals surface area contributed by atoms with E-state index in [0.717, 1.165) is 12.0 Å². The second-order valence-electron chi connectivity index (χ2n) is 5.44. The molecule has 0 fully saturated rings. The van der Waals surface area contributed by atoms with Crippen molar-refractivity contribution in [2.24, 2.45) is 7.05 Å². The SMILES string of the molecule is Cn1cc(-c2nc(Cl)ncc2Cl)c2ccc3c(c21)CCC3. The van der Waals surface area contributed by atoms with Crippen LogP contribution < -0.4 is 0 Å². The molecule has 0 radical (unpaired) electrons. The minimum absolute atomic E-state index is 0.215. The molecule has 0 atom stereocenters. The quantitative estimate of drug-likeness (QED) is 0.621. The summed E-state index contributed by atoms with van der Waals surface area (Å²) in [5.74, 6) is 0. The monoisotopic (exact) mass is 317 g/mol. The summed E-state index contributed by atoms with van der Waals surface area (Å²) in [4.78, 5) is 8.23. The predicted octanol–water partition coefficient (Wildman–Crippen LogP) is 4.43. The van der Waals surface area contributed by atoms with E-state index in [0.29, 0.717) is 10.7 Å². The minimum atomic E-state index is 0.215. The smallest absolute Gasteiger partial charge is 0.222 e. The maximum Gasteiger partial charge on any atom is 0.222 e. The number of benzene rings is 1. The van der Waals surface area contributed by atoms with Gasteiger partial charge in [0.2, 0.25) is 5.28 Å². The van der Waals surface area contributed by atoms with Crippen LogP contribution in [-0.2, 0) is 19.9 Å². The standard InChI is InChI=1S/C16H13Cl2N3/c1-21-8-12(14-13(17)7-19-16(18)20-14)11-6-5-9-3-2-4-10(9)15(11)21/h5-8H,2-4H2,1H3. The van der Waals surface area contributed by atoms with Crippen molar-refractivity contribution in [3.05, 3.63) is 46.0 Å². The fourth-order valence-electron chi connectivity index (χ4n) is 3.32. The third-order valence-corrected chi connectivity index (χ3v) is 4.65. The molecule has 3 aromatic rings. The topological polar surface area (TPSA) is 30.7 Å². The molecular weight excluding hydrogens is 305 g/mol. The van der Waals surface area contributed by atoms with Gasteiger partial charge in [-0.1, -0.05) is 23.7 Å². The Kier molecular flexibility index (Phi) is 2.95. The average molecular weight is 318 g/mol. The third kappa shape index (κ3) is 1.95. The lowest BCUT2D eigenvalue weighted by Gasteiger charge is -2.05. The largest absolute Gasteiger partial charge is 0.350 e. The zero-order valence-electron chi connectivity index (χ0n) is 11.5. The Balaban J connectivity index is 2.05. The van der Waals surface area contributed by atoms with E-state index in [1.807, 2.05) is 0 Å². The number of fused-ring (bicyclic) bond motifs is 3. The van der Waals surface area contributed by atoms with E-state index in [4.69, 9.17) is 23.2 Å². The molecule has 1 aromatic carbocycles. The Morgan fingerprint density at radius 2 is 2.05 bits per heavy atom. The summed E-state index contributed by atoms with van der Waals surface area (Å²) in [6, 6.07) is 4.39. The summed E-state index contributed by atoms with van der Waals surface area (Å²) < 4.78 is 2.17. The second kappa shape index (κ2) is 4.72. The normalized spacial score (nSPS) is 13.9. The lowest BCUT2D eigenvalue weighted by Crippen LogP contribution is -1.90. The average Bonchev–Trinajstić information content (AvgIpc) is 3.05. The first-order valence-corrected chi connectivity index (χ1v) is 7.69. The van der Waals surface area contributed by atoms with Gasteiger partial charge in [-0.25, -0.2) is 9.97 Å². The number of halogens is 2. The summed E-state index contributed by atoms with van der Waals surface area (Å²) in [6.07, 6.45) is 7.18. The molecule has 0 amide bonds. The van der Waals surface area contributed by atoms with Crippen LogP contribution in [0.2, 0.25) is 10.3 Å². The zero-order chi connectivity index (χ0) is 14.6. The van der Waals surface area contributed by atoms with Gasteiger partial charge >= 0.3 is 0 Å². The fourth-order valence-corrected chi connectivity index (χ4v) is 3.64. The number of nitrogens with zero attached hydrogens (tertiary/aromatic N) is 3. The zero-order valence-corrected chi connectivity index (χ0v) is 13.0. The van der Waals surface area contributed by atoms with Gasteiger partial charge in [-0.05, 0) is 42.0 Å². The number of aryl methyl sites for hydroxylation is 3. The molecule has 1 aliphatic carbocycles. The maximum absolute atomic E-state index is 6.26. The lowest BCUT2D eigenvalue weighted by molar-refractivity contribution is 0.905. The van der Waals surface area contributed by atoms with E-state index in [-0.39, 0.29) is 5.28 Å². The van der Waals surface area contributed by atoms with Crippen molar-refractivity contribution in [1.29, 1.82) is 0 Å². The maximum atomic E-state index is 6.26. The van der Waals surface area contributed by atoms with Crippen molar-refractivity contribution < 1.29 is 0 Å². The molecule has 2 heterocycles. The van der Waals surface area contributed by atoms with Crippen molar-refractivity contribution in [3.63, 3.8) is 0 Å². The van der Waals surface area contributed by atoms with Crippen LogP contribution in [0.3, 0.4) is 0 Å². The van der Waals surface area contributed by atoms with Crippen molar-refractivity contribution in [1.82, 2.24) is 14.5 Å². The first-order valence-electron chi connectivity index (χ1n) is 6.93. The van der Waals surface area contributed by atoms with E-state index in [2.05, 4.69) is 39.9 Å². The third-order valence-electron chi connectivity index (χ3n) is 4.19. The highest BCUT2D eigenvalue weighted by Crippen LogP contribution is 2.38. The van der Waals surface area contributed by atoms with E-state index in [1.165, 1.54) is 34.9 Å². The van der Waals surface area contributed by atoms with Gasteiger partial charge < -0.3 is 4.57 Å². The van der Waals surface area contributed by atoms with Crippen molar-refractivity contribution in [3.8, 4) is 11.3 Å². The van der Waals surface area contributed by atoms with Crippen LogP contribution in [0.15, 0.2) is 24.5 Å². The van der Waals surface area contributed by atoms with Gasteiger partial charge in [-0.15, -0.1) is 0 Å².